The van der Waals surface area contributed by atoms with E-state index >= 15 is 0 Å². The summed E-state index contributed by atoms with van der Waals surface area (Å²) in [5.74, 6) is -2.25. The Hall–Kier alpha value is -1.74. The molecule has 1 aliphatic heterocycles. The van der Waals surface area contributed by atoms with Crippen LogP contribution in [0.2, 0.25) is 10.0 Å². The zero-order valence-electron chi connectivity index (χ0n) is 13.8. The molecule has 0 aromatic heterocycles. The Balaban J connectivity index is 1.76. The van der Waals surface area contributed by atoms with E-state index in [4.69, 9.17) is 23.2 Å². The first-order valence-corrected chi connectivity index (χ1v) is 10.1. The molecule has 1 heterocycles. The number of hydrogen-bond donors (Lipinski definition) is 0. The van der Waals surface area contributed by atoms with E-state index in [-0.39, 0.29) is 46.7 Å². The van der Waals surface area contributed by atoms with Crippen molar-refractivity contribution >= 4 is 39.1 Å². The van der Waals surface area contributed by atoms with Crippen molar-refractivity contribution in [2.45, 2.75) is 4.90 Å². The summed E-state index contributed by atoms with van der Waals surface area (Å²) in [5.41, 5.74) is -0.385. The van der Waals surface area contributed by atoms with Crippen LogP contribution in [0.1, 0.15) is 10.4 Å². The molecular formula is C17H14Cl2F2N2O3S. The van der Waals surface area contributed by atoms with Crippen LogP contribution in [0.3, 0.4) is 0 Å². The molecule has 0 unspecified atom stereocenters. The predicted octanol–water partition coefficient (Wildman–Crippen LogP) is 3.42. The molecular weight excluding hydrogens is 421 g/mol. The smallest absolute Gasteiger partial charge is 0.257 e. The predicted molar refractivity (Wildman–Crippen MR) is 97.5 cm³/mol. The molecule has 0 spiro atoms. The highest BCUT2D eigenvalue weighted by Crippen LogP contribution is 2.31. The topological polar surface area (TPSA) is 57.7 Å². The van der Waals surface area contributed by atoms with Crippen molar-refractivity contribution in [3.63, 3.8) is 0 Å². The van der Waals surface area contributed by atoms with Crippen LogP contribution >= 0.6 is 23.2 Å². The minimum atomic E-state index is -3.90. The molecule has 10 heteroatoms. The van der Waals surface area contributed by atoms with Crippen LogP contribution < -0.4 is 0 Å². The number of hydrogen-bond acceptors (Lipinski definition) is 3. The first-order valence-electron chi connectivity index (χ1n) is 7.90. The van der Waals surface area contributed by atoms with Gasteiger partial charge in [-0.15, -0.1) is 0 Å². The number of halogens is 4. The molecule has 144 valence electrons. The summed E-state index contributed by atoms with van der Waals surface area (Å²) < 4.78 is 53.8. The van der Waals surface area contributed by atoms with E-state index in [1.54, 1.807) is 0 Å². The number of piperazine rings is 1. The molecule has 0 saturated carbocycles. The van der Waals surface area contributed by atoms with Crippen molar-refractivity contribution < 1.29 is 22.0 Å². The van der Waals surface area contributed by atoms with Gasteiger partial charge in [-0.1, -0.05) is 29.3 Å². The Morgan fingerprint density at radius 2 is 1.67 bits per heavy atom. The van der Waals surface area contributed by atoms with Crippen molar-refractivity contribution in [1.29, 1.82) is 0 Å². The van der Waals surface area contributed by atoms with Crippen LogP contribution in [0.25, 0.3) is 0 Å². The largest absolute Gasteiger partial charge is 0.336 e. The van der Waals surface area contributed by atoms with Crippen molar-refractivity contribution in [3.05, 3.63) is 63.6 Å². The second-order valence-corrected chi connectivity index (χ2v) is 8.56. The van der Waals surface area contributed by atoms with Gasteiger partial charge in [0, 0.05) is 26.2 Å². The van der Waals surface area contributed by atoms with Gasteiger partial charge in [0.15, 0.2) is 0 Å². The fourth-order valence-electron chi connectivity index (χ4n) is 2.79. The fourth-order valence-corrected chi connectivity index (χ4v) is 4.94. The third kappa shape index (κ3) is 3.94. The number of carbonyl (C=O) groups is 1. The SMILES string of the molecule is O=C(c1cc(F)ccc1F)N1CCN(S(=O)(=O)c2cccc(Cl)c2Cl)CC1. The van der Waals surface area contributed by atoms with E-state index in [2.05, 4.69) is 0 Å². The van der Waals surface area contributed by atoms with E-state index in [1.807, 2.05) is 0 Å². The molecule has 0 radical (unpaired) electrons. The molecule has 1 fully saturated rings. The minimum absolute atomic E-state index is 0.00610. The molecule has 0 aliphatic carbocycles. The quantitative estimate of drug-likeness (QED) is 0.743. The van der Waals surface area contributed by atoms with Gasteiger partial charge in [0.05, 0.1) is 15.6 Å². The number of benzene rings is 2. The summed E-state index contributed by atoms with van der Waals surface area (Å²) in [4.78, 5) is 13.6. The molecule has 3 rings (SSSR count). The second-order valence-electron chi connectivity index (χ2n) is 5.87. The van der Waals surface area contributed by atoms with Crippen LogP contribution in [-0.2, 0) is 10.0 Å². The van der Waals surface area contributed by atoms with Gasteiger partial charge in [0.1, 0.15) is 16.5 Å². The number of sulfonamides is 1. The molecule has 1 amide bonds. The second kappa shape index (κ2) is 7.71. The van der Waals surface area contributed by atoms with Crippen LogP contribution in [0, 0.1) is 11.6 Å². The molecule has 2 aromatic carbocycles. The Morgan fingerprint density at radius 3 is 2.33 bits per heavy atom. The molecule has 0 atom stereocenters. The van der Waals surface area contributed by atoms with Crippen LogP contribution in [-0.4, -0.2) is 49.7 Å². The Bertz CT molecular complexity index is 994. The van der Waals surface area contributed by atoms with Crippen molar-refractivity contribution in [2.75, 3.05) is 26.2 Å². The van der Waals surface area contributed by atoms with Crippen LogP contribution in [0.15, 0.2) is 41.3 Å². The summed E-state index contributed by atoms with van der Waals surface area (Å²) in [6.45, 7) is 0.0557. The molecule has 1 aliphatic rings. The zero-order valence-corrected chi connectivity index (χ0v) is 16.2. The Kier molecular flexibility index (Phi) is 5.71. The number of nitrogens with zero attached hydrogens (tertiary/aromatic N) is 2. The maximum absolute atomic E-state index is 13.8. The van der Waals surface area contributed by atoms with E-state index in [1.165, 1.54) is 27.4 Å². The highest BCUT2D eigenvalue weighted by atomic mass is 35.5. The molecule has 5 nitrogen and oxygen atoms in total. The van der Waals surface area contributed by atoms with Crippen molar-refractivity contribution in [3.8, 4) is 0 Å². The van der Waals surface area contributed by atoms with Gasteiger partial charge in [-0.2, -0.15) is 4.31 Å². The molecule has 0 N–H and O–H groups in total. The summed E-state index contributed by atoms with van der Waals surface area (Å²) in [6.07, 6.45) is 0. The fraction of sp³-hybridized carbons (Fsp3) is 0.235. The minimum Gasteiger partial charge on any atom is -0.336 e. The summed E-state index contributed by atoms with van der Waals surface area (Å²) in [5, 5.41) is 0.0487. The lowest BCUT2D eigenvalue weighted by atomic mass is 10.1. The molecule has 0 bridgehead atoms. The van der Waals surface area contributed by atoms with Gasteiger partial charge in [-0.05, 0) is 30.3 Å². The third-order valence-corrected chi connectivity index (χ3v) is 7.09. The van der Waals surface area contributed by atoms with Crippen LogP contribution in [0.5, 0.6) is 0 Å². The summed E-state index contributed by atoms with van der Waals surface area (Å²) in [7, 11) is -3.90. The van der Waals surface area contributed by atoms with Gasteiger partial charge < -0.3 is 4.90 Å². The highest BCUT2D eigenvalue weighted by molar-refractivity contribution is 7.89. The third-order valence-electron chi connectivity index (χ3n) is 4.22. The average Bonchev–Trinajstić information content (AvgIpc) is 2.65. The lowest BCUT2D eigenvalue weighted by molar-refractivity contribution is 0.0692. The van der Waals surface area contributed by atoms with Crippen molar-refractivity contribution in [1.82, 2.24) is 9.21 Å². The van der Waals surface area contributed by atoms with Gasteiger partial charge in [-0.25, -0.2) is 17.2 Å². The first kappa shape index (κ1) is 20.0. The Morgan fingerprint density at radius 1 is 1.00 bits per heavy atom. The highest BCUT2D eigenvalue weighted by Gasteiger charge is 2.32. The van der Waals surface area contributed by atoms with Gasteiger partial charge in [-0.3, -0.25) is 4.79 Å². The van der Waals surface area contributed by atoms with Crippen LogP contribution in [0.4, 0.5) is 8.78 Å². The van der Waals surface area contributed by atoms with E-state index in [0.29, 0.717) is 0 Å². The maximum Gasteiger partial charge on any atom is 0.257 e. The van der Waals surface area contributed by atoms with Gasteiger partial charge in [0.25, 0.3) is 5.91 Å². The first-order chi connectivity index (χ1) is 12.7. The standard InChI is InChI=1S/C17H14Cl2F2N2O3S/c18-13-2-1-3-15(16(13)19)27(25,26)23-8-6-22(7-9-23)17(24)12-10-11(20)4-5-14(12)21/h1-5,10H,6-9H2. The van der Waals surface area contributed by atoms with E-state index in [9.17, 15) is 22.0 Å². The Labute approximate surface area is 165 Å². The summed E-state index contributed by atoms with van der Waals surface area (Å²) >= 11 is 11.9. The van der Waals surface area contributed by atoms with E-state index in [0.717, 1.165) is 18.2 Å². The lowest BCUT2D eigenvalue weighted by Crippen LogP contribution is -2.50. The van der Waals surface area contributed by atoms with E-state index < -0.39 is 27.6 Å². The van der Waals surface area contributed by atoms with Crippen molar-refractivity contribution in [2.24, 2.45) is 0 Å². The zero-order chi connectivity index (χ0) is 19.8. The molecule has 27 heavy (non-hydrogen) atoms. The maximum atomic E-state index is 13.8. The number of amides is 1. The monoisotopic (exact) mass is 434 g/mol. The number of rotatable bonds is 3. The van der Waals surface area contributed by atoms with Gasteiger partial charge in [0.2, 0.25) is 10.0 Å². The van der Waals surface area contributed by atoms with Gasteiger partial charge >= 0.3 is 0 Å². The molecule has 1 saturated heterocycles. The normalized spacial score (nSPS) is 15.8. The average molecular weight is 435 g/mol. The lowest BCUT2D eigenvalue weighted by Gasteiger charge is -2.34. The molecule has 2 aromatic rings. The number of carbonyl (C=O) groups excluding carboxylic acids is 1. The summed E-state index contributed by atoms with van der Waals surface area (Å²) in [6, 6.07) is 6.94.